The van der Waals surface area contributed by atoms with E-state index in [0.717, 1.165) is 43.0 Å². The molecule has 21 heavy (non-hydrogen) atoms. The van der Waals surface area contributed by atoms with Gasteiger partial charge in [0.25, 0.3) is 5.91 Å². The van der Waals surface area contributed by atoms with E-state index in [9.17, 15) is 13.6 Å². The third-order valence-electron chi connectivity index (χ3n) is 4.01. The summed E-state index contributed by atoms with van der Waals surface area (Å²) in [4.78, 5) is 12.3. The van der Waals surface area contributed by atoms with E-state index in [4.69, 9.17) is 0 Å². The number of hydrogen-bond donors (Lipinski definition) is 1. The van der Waals surface area contributed by atoms with Crippen molar-refractivity contribution in [2.24, 2.45) is 0 Å². The minimum Gasteiger partial charge on any atom is -0.343 e. The zero-order valence-electron chi connectivity index (χ0n) is 11.4. The summed E-state index contributed by atoms with van der Waals surface area (Å²) in [7, 11) is 0. The fourth-order valence-electron chi connectivity index (χ4n) is 2.75. The lowest BCUT2D eigenvalue weighted by Gasteiger charge is -2.43. The Labute approximate surface area is 121 Å². The second-order valence-corrected chi connectivity index (χ2v) is 5.41. The highest BCUT2D eigenvalue weighted by Crippen LogP contribution is 2.41. The molecule has 0 saturated heterocycles. The molecule has 2 aromatic carbocycles. The van der Waals surface area contributed by atoms with Crippen molar-refractivity contribution in [3.8, 4) is 0 Å². The lowest BCUT2D eigenvalue weighted by atomic mass is 9.71. The molecule has 1 aliphatic rings. The molecule has 1 fully saturated rings. The molecule has 0 heterocycles. The number of hydrogen-bond acceptors (Lipinski definition) is 1. The quantitative estimate of drug-likeness (QED) is 0.914. The summed E-state index contributed by atoms with van der Waals surface area (Å²) in [6, 6.07) is 12.5. The van der Waals surface area contributed by atoms with E-state index in [1.165, 1.54) is 0 Å². The fourth-order valence-corrected chi connectivity index (χ4v) is 2.75. The zero-order valence-corrected chi connectivity index (χ0v) is 11.4. The maximum absolute atomic E-state index is 13.2. The van der Waals surface area contributed by atoms with Crippen molar-refractivity contribution >= 4 is 5.91 Å². The van der Waals surface area contributed by atoms with Crippen LogP contribution in [0.2, 0.25) is 0 Å². The third kappa shape index (κ3) is 2.66. The average molecular weight is 287 g/mol. The van der Waals surface area contributed by atoms with Gasteiger partial charge in [-0.3, -0.25) is 4.79 Å². The van der Waals surface area contributed by atoms with E-state index in [1.807, 2.05) is 30.3 Å². The van der Waals surface area contributed by atoms with Crippen LogP contribution in [0.3, 0.4) is 0 Å². The molecule has 3 rings (SSSR count). The van der Waals surface area contributed by atoms with Gasteiger partial charge < -0.3 is 5.32 Å². The van der Waals surface area contributed by atoms with Gasteiger partial charge in [-0.1, -0.05) is 30.3 Å². The highest BCUT2D eigenvalue weighted by molar-refractivity contribution is 5.94. The SMILES string of the molecule is O=C(NC1(c2ccccc2)CCC1)c1cc(F)cc(F)c1. The van der Waals surface area contributed by atoms with Crippen LogP contribution in [0, 0.1) is 11.6 Å². The van der Waals surface area contributed by atoms with Crippen LogP contribution in [0.1, 0.15) is 35.2 Å². The first-order valence-corrected chi connectivity index (χ1v) is 6.93. The Bertz CT molecular complexity index is 645. The number of rotatable bonds is 3. The second kappa shape index (κ2) is 5.28. The number of amides is 1. The largest absolute Gasteiger partial charge is 0.343 e. The molecule has 0 spiro atoms. The summed E-state index contributed by atoms with van der Waals surface area (Å²) in [6.07, 6.45) is 2.69. The number of benzene rings is 2. The Balaban J connectivity index is 1.86. The molecule has 1 aliphatic carbocycles. The minimum absolute atomic E-state index is 0.00899. The zero-order chi connectivity index (χ0) is 14.9. The van der Waals surface area contributed by atoms with Gasteiger partial charge in [0.1, 0.15) is 11.6 Å². The van der Waals surface area contributed by atoms with E-state index in [1.54, 1.807) is 0 Å². The fraction of sp³-hybridized carbons (Fsp3) is 0.235. The molecule has 0 bridgehead atoms. The van der Waals surface area contributed by atoms with Gasteiger partial charge in [-0.2, -0.15) is 0 Å². The van der Waals surface area contributed by atoms with Crippen LogP contribution >= 0.6 is 0 Å². The van der Waals surface area contributed by atoms with E-state index >= 15 is 0 Å². The Kier molecular flexibility index (Phi) is 3.45. The van der Waals surface area contributed by atoms with Gasteiger partial charge in [-0.15, -0.1) is 0 Å². The lowest BCUT2D eigenvalue weighted by molar-refractivity contribution is 0.0822. The Morgan fingerprint density at radius 2 is 1.62 bits per heavy atom. The van der Waals surface area contributed by atoms with Gasteiger partial charge >= 0.3 is 0 Å². The van der Waals surface area contributed by atoms with E-state index in [0.29, 0.717) is 0 Å². The van der Waals surface area contributed by atoms with Gasteiger partial charge in [0.05, 0.1) is 5.54 Å². The van der Waals surface area contributed by atoms with E-state index in [2.05, 4.69) is 5.32 Å². The monoisotopic (exact) mass is 287 g/mol. The smallest absolute Gasteiger partial charge is 0.252 e. The second-order valence-electron chi connectivity index (χ2n) is 5.41. The number of nitrogens with one attached hydrogen (secondary N) is 1. The molecule has 0 aliphatic heterocycles. The molecule has 108 valence electrons. The van der Waals surface area contributed by atoms with Gasteiger partial charge in [0, 0.05) is 11.6 Å². The number of carbonyl (C=O) groups excluding carboxylic acids is 1. The van der Waals surface area contributed by atoms with Crippen molar-refractivity contribution < 1.29 is 13.6 Å². The van der Waals surface area contributed by atoms with Gasteiger partial charge in [-0.05, 0) is 37.0 Å². The molecule has 0 radical (unpaired) electrons. The van der Waals surface area contributed by atoms with Crippen LogP contribution < -0.4 is 5.32 Å². The highest BCUT2D eigenvalue weighted by Gasteiger charge is 2.40. The molecule has 0 aromatic heterocycles. The molecule has 4 heteroatoms. The predicted molar refractivity (Wildman–Crippen MR) is 75.8 cm³/mol. The van der Waals surface area contributed by atoms with Gasteiger partial charge in [-0.25, -0.2) is 8.78 Å². The molecule has 2 aromatic rings. The van der Waals surface area contributed by atoms with Crippen molar-refractivity contribution in [1.29, 1.82) is 0 Å². The van der Waals surface area contributed by atoms with Gasteiger partial charge in [0.15, 0.2) is 0 Å². The maximum atomic E-state index is 13.2. The van der Waals surface area contributed by atoms with Crippen molar-refractivity contribution in [2.45, 2.75) is 24.8 Å². The van der Waals surface area contributed by atoms with Crippen LogP contribution in [0.4, 0.5) is 8.78 Å². The number of halogens is 2. The Hall–Kier alpha value is -2.23. The van der Waals surface area contributed by atoms with Crippen LogP contribution in [-0.2, 0) is 5.54 Å². The van der Waals surface area contributed by atoms with E-state index in [-0.39, 0.29) is 5.56 Å². The molecule has 1 amide bonds. The van der Waals surface area contributed by atoms with Crippen LogP contribution in [0.5, 0.6) is 0 Å². The summed E-state index contributed by atoms with van der Waals surface area (Å²) in [5.41, 5.74) is 0.623. The van der Waals surface area contributed by atoms with Crippen LogP contribution in [-0.4, -0.2) is 5.91 Å². The first-order valence-electron chi connectivity index (χ1n) is 6.93. The molecule has 2 nitrogen and oxygen atoms in total. The van der Waals surface area contributed by atoms with Crippen LogP contribution in [0.25, 0.3) is 0 Å². The maximum Gasteiger partial charge on any atom is 0.252 e. The minimum atomic E-state index is -0.748. The summed E-state index contributed by atoms with van der Waals surface area (Å²) in [5, 5.41) is 2.94. The van der Waals surface area contributed by atoms with Crippen molar-refractivity contribution in [3.63, 3.8) is 0 Å². The summed E-state index contributed by atoms with van der Waals surface area (Å²) in [6.45, 7) is 0. The van der Waals surface area contributed by atoms with Crippen LogP contribution in [0.15, 0.2) is 48.5 Å². The van der Waals surface area contributed by atoms with E-state index < -0.39 is 23.1 Å². The predicted octanol–water partition coefficient (Wildman–Crippen LogP) is 3.77. The third-order valence-corrected chi connectivity index (χ3v) is 4.01. The Morgan fingerprint density at radius 3 is 2.14 bits per heavy atom. The molecular weight excluding hydrogens is 272 g/mol. The first-order chi connectivity index (χ1) is 10.1. The van der Waals surface area contributed by atoms with Crippen molar-refractivity contribution in [2.75, 3.05) is 0 Å². The summed E-state index contributed by atoms with van der Waals surface area (Å²) in [5.74, 6) is -1.94. The van der Waals surface area contributed by atoms with Gasteiger partial charge in [0.2, 0.25) is 0 Å². The average Bonchev–Trinajstić information content (AvgIpc) is 2.42. The molecule has 1 N–H and O–H groups in total. The lowest BCUT2D eigenvalue weighted by Crippen LogP contribution is -2.50. The van der Waals surface area contributed by atoms with Crippen molar-refractivity contribution in [3.05, 3.63) is 71.3 Å². The topological polar surface area (TPSA) is 29.1 Å². The summed E-state index contributed by atoms with van der Waals surface area (Å²) < 4.78 is 26.4. The first kappa shape index (κ1) is 13.7. The molecule has 0 unspecified atom stereocenters. The standard InChI is InChI=1S/C17H15F2NO/c18-14-9-12(10-15(19)11-14)16(21)20-17(7-4-8-17)13-5-2-1-3-6-13/h1-3,5-6,9-11H,4,7-8H2,(H,20,21). The summed E-state index contributed by atoms with van der Waals surface area (Å²) >= 11 is 0. The molecular formula is C17H15F2NO. The molecule has 0 atom stereocenters. The normalized spacial score (nSPS) is 16.1. The highest BCUT2D eigenvalue weighted by atomic mass is 19.1. The Morgan fingerprint density at radius 1 is 1.00 bits per heavy atom. The number of carbonyl (C=O) groups is 1. The van der Waals surface area contributed by atoms with Crippen molar-refractivity contribution in [1.82, 2.24) is 5.32 Å². The molecule has 1 saturated carbocycles.